The van der Waals surface area contributed by atoms with Crippen LogP contribution in [-0.4, -0.2) is 69.0 Å². The first-order valence-electron chi connectivity index (χ1n) is 14.1. The number of rotatable bonds is 8. The molecule has 0 saturated heterocycles. The van der Waals surface area contributed by atoms with E-state index in [0.29, 0.717) is 10.6 Å². The van der Waals surface area contributed by atoms with Gasteiger partial charge >= 0.3 is 29.8 Å². The molecular formula is C33H32Cl2O11. The van der Waals surface area contributed by atoms with E-state index in [1.54, 1.807) is 37.3 Å². The van der Waals surface area contributed by atoms with Crippen LogP contribution >= 0.6 is 23.2 Å². The first-order chi connectivity index (χ1) is 21.8. The molecule has 46 heavy (non-hydrogen) atoms. The third-order valence-electron chi connectivity index (χ3n) is 8.46. The number of esters is 5. The monoisotopic (exact) mass is 674 g/mol. The number of benzene rings is 2. The van der Waals surface area contributed by atoms with Gasteiger partial charge in [-0.15, -0.1) is 0 Å². The van der Waals surface area contributed by atoms with Crippen molar-refractivity contribution in [3.05, 3.63) is 81.0 Å². The number of hydrogen-bond acceptors (Lipinski definition) is 11. The van der Waals surface area contributed by atoms with Crippen LogP contribution in [-0.2, 0) is 47.7 Å². The van der Waals surface area contributed by atoms with E-state index in [-0.39, 0.29) is 28.2 Å². The second kappa shape index (κ2) is 14.1. The van der Waals surface area contributed by atoms with Crippen LogP contribution in [0.4, 0.5) is 0 Å². The van der Waals surface area contributed by atoms with Gasteiger partial charge in [-0.2, -0.15) is 0 Å². The minimum Gasteiger partial charge on any atom is -0.469 e. The van der Waals surface area contributed by atoms with Crippen LogP contribution < -0.4 is 0 Å². The predicted molar refractivity (Wildman–Crippen MR) is 165 cm³/mol. The summed E-state index contributed by atoms with van der Waals surface area (Å²) in [5.74, 6) is -13.2. The highest BCUT2D eigenvalue weighted by Gasteiger charge is 2.71. The van der Waals surface area contributed by atoms with Gasteiger partial charge in [0, 0.05) is 16.5 Å². The van der Waals surface area contributed by atoms with Gasteiger partial charge in [-0.05, 0) is 36.1 Å². The summed E-state index contributed by atoms with van der Waals surface area (Å²) in [5.41, 5.74) is -2.36. The molecule has 0 aliphatic heterocycles. The molecule has 6 atom stereocenters. The van der Waals surface area contributed by atoms with Gasteiger partial charge in [-0.1, -0.05) is 66.5 Å². The van der Waals surface area contributed by atoms with Crippen molar-refractivity contribution < 1.29 is 52.8 Å². The average Bonchev–Trinajstić information content (AvgIpc) is 3.03. The summed E-state index contributed by atoms with van der Waals surface area (Å²) in [7, 11) is 4.20. The van der Waals surface area contributed by atoms with Crippen LogP contribution in [0.15, 0.2) is 59.9 Å². The van der Waals surface area contributed by atoms with Gasteiger partial charge in [0.1, 0.15) is 17.3 Å². The van der Waals surface area contributed by atoms with Crippen molar-refractivity contribution >= 4 is 64.7 Å². The summed E-state index contributed by atoms with van der Waals surface area (Å²) in [6.07, 6.45) is 1.41. The molecule has 2 aliphatic rings. The molecule has 11 nitrogen and oxygen atoms in total. The Labute approximate surface area is 275 Å². The van der Waals surface area contributed by atoms with Crippen molar-refractivity contribution in [3.8, 4) is 0 Å². The Bertz CT molecular complexity index is 1620. The molecular weight excluding hydrogens is 643 g/mol. The molecule has 4 rings (SSSR count). The molecule has 0 aromatic heterocycles. The van der Waals surface area contributed by atoms with Crippen LogP contribution in [0.25, 0.3) is 11.6 Å². The number of aliphatic hydroxyl groups is 1. The number of ether oxygens (including phenoxy) is 5. The van der Waals surface area contributed by atoms with E-state index in [9.17, 15) is 29.1 Å². The van der Waals surface area contributed by atoms with E-state index in [1.807, 2.05) is 0 Å². The lowest BCUT2D eigenvalue weighted by atomic mass is 9.50. The molecule has 0 radical (unpaired) electrons. The Hall–Kier alpha value is -4.19. The van der Waals surface area contributed by atoms with Crippen molar-refractivity contribution in [1.29, 1.82) is 0 Å². The zero-order valence-corrected chi connectivity index (χ0v) is 27.1. The second-order valence-corrected chi connectivity index (χ2v) is 11.8. The highest BCUT2D eigenvalue weighted by molar-refractivity contribution is 6.37. The minimum atomic E-state index is -2.63. The molecule has 1 fully saturated rings. The Balaban J connectivity index is 2.03. The van der Waals surface area contributed by atoms with Gasteiger partial charge in [0.15, 0.2) is 0 Å². The third-order valence-corrected chi connectivity index (χ3v) is 9.01. The largest absolute Gasteiger partial charge is 0.469 e. The molecule has 0 spiro atoms. The van der Waals surface area contributed by atoms with E-state index in [4.69, 9.17) is 46.9 Å². The number of halogens is 2. The van der Waals surface area contributed by atoms with Crippen molar-refractivity contribution in [3.63, 3.8) is 0 Å². The molecule has 1 saturated carbocycles. The van der Waals surface area contributed by atoms with Gasteiger partial charge in [0.25, 0.3) is 0 Å². The van der Waals surface area contributed by atoms with E-state index in [0.717, 1.165) is 28.4 Å². The maximum absolute atomic E-state index is 14.2. The van der Waals surface area contributed by atoms with E-state index in [1.165, 1.54) is 24.3 Å². The zero-order chi connectivity index (χ0) is 33.9. The second-order valence-electron chi connectivity index (χ2n) is 10.9. The third kappa shape index (κ3) is 6.14. The van der Waals surface area contributed by atoms with Gasteiger partial charge in [0.2, 0.25) is 0 Å². The molecule has 0 heterocycles. The number of carbonyl (C=O) groups is 5. The molecule has 1 N–H and O–H groups in total. The fourth-order valence-corrected chi connectivity index (χ4v) is 7.09. The number of carbonyl (C=O) groups excluding carboxylic acids is 5. The smallest absolute Gasteiger partial charge is 0.343 e. The summed E-state index contributed by atoms with van der Waals surface area (Å²) in [6.45, 7) is 1.59. The summed E-state index contributed by atoms with van der Waals surface area (Å²) >= 11 is 12.6. The summed E-state index contributed by atoms with van der Waals surface area (Å²) in [5, 5.41) is 12.9. The van der Waals surface area contributed by atoms with E-state index < -0.39 is 70.8 Å². The maximum atomic E-state index is 14.2. The topological polar surface area (TPSA) is 152 Å². The molecule has 6 unspecified atom stereocenters. The summed E-state index contributed by atoms with van der Waals surface area (Å²) in [4.78, 5) is 67.9. The van der Waals surface area contributed by atoms with E-state index in [2.05, 4.69) is 0 Å². The van der Waals surface area contributed by atoms with Gasteiger partial charge in [0.05, 0.1) is 56.4 Å². The van der Waals surface area contributed by atoms with Crippen molar-refractivity contribution in [2.45, 2.75) is 18.9 Å². The van der Waals surface area contributed by atoms with Gasteiger partial charge in [-0.25, -0.2) is 9.59 Å². The first kappa shape index (κ1) is 34.7. The average molecular weight is 676 g/mol. The Morgan fingerprint density at radius 3 is 2.02 bits per heavy atom. The highest BCUT2D eigenvalue weighted by atomic mass is 35.5. The Kier molecular flexibility index (Phi) is 10.6. The molecule has 244 valence electrons. The summed E-state index contributed by atoms with van der Waals surface area (Å²) < 4.78 is 25.9. The summed E-state index contributed by atoms with van der Waals surface area (Å²) in [6, 6.07) is 13.1. The molecule has 2 aromatic carbocycles. The standard InChI is InChI=1S/C33H32Cl2O11/c1-16-13-21-23(29(37)42-2)27(26(32(40)45-5)33(41,24(16)30(38)43-3)25(21)31(39)44-4)46-28(36)20(14-17-9-7-6-8-10-17)19-12-11-18(34)15-22(19)35/h6-12,14-16,21,24-26,41H,13H2,1-5H3/b20-14+. The van der Waals surface area contributed by atoms with Crippen molar-refractivity contribution in [2.75, 3.05) is 28.4 Å². The Morgan fingerprint density at radius 2 is 1.46 bits per heavy atom. The van der Waals surface area contributed by atoms with Gasteiger partial charge < -0.3 is 28.8 Å². The predicted octanol–water partition coefficient (Wildman–Crippen LogP) is 4.27. The lowest BCUT2D eigenvalue weighted by Crippen LogP contribution is -2.68. The van der Waals surface area contributed by atoms with Crippen molar-refractivity contribution in [1.82, 2.24) is 0 Å². The molecule has 2 aliphatic carbocycles. The molecule has 2 aromatic rings. The molecule has 13 heteroatoms. The lowest BCUT2D eigenvalue weighted by Gasteiger charge is -2.55. The number of hydrogen-bond donors (Lipinski definition) is 1. The maximum Gasteiger partial charge on any atom is 0.343 e. The van der Waals surface area contributed by atoms with Crippen LogP contribution in [0.3, 0.4) is 0 Å². The molecule has 0 amide bonds. The number of fused-ring (bicyclic) bond motifs is 2. The lowest BCUT2D eigenvalue weighted by molar-refractivity contribution is -0.212. The van der Waals surface area contributed by atoms with Crippen LogP contribution in [0.5, 0.6) is 0 Å². The molecule has 2 bridgehead atoms. The minimum absolute atomic E-state index is 0.0586. The quantitative estimate of drug-likeness (QED) is 0.185. The normalized spacial score (nSPS) is 25.7. The van der Waals surface area contributed by atoms with Crippen molar-refractivity contribution in [2.24, 2.45) is 29.6 Å². The number of methoxy groups -OCH3 is 4. The fraction of sp³-hybridized carbons (Fsp3) is 0.364. The fourth-order valence-electron chi connectivity index (χ4n) is 6.58. The van der Waals surface area contributed by atoms with Crippen LogP contribution in [0.2, 0.25) is 10.0 Å². The van der Waals surface area contributed by atoms with Gasteiger partial charge in [-0.3, -0.25) is 14.4 Å². The SMILES string of the molecule is COC(=O)C1=C(OC(=O)/C(=C/c2ccccc2)c2ccc(Cl)cc2Cl)C(C(=O)OC)C2(O)C(C(=O)OC)C(C)CC1C2C(=O)OC. The Morgan fingerprint density at radius 1 is 0.848 bits per heavy atom. The van der Waals surface area contributed by atoms with Crippen LogP contribution in [0.1, 0.15) is 24.5 Å². The first-order valence-corrected chi connectivity index (χ1v) is 14.8. The zero-order valence-electron chi connectivity index (χ0n) is 25.6. The van der Waals surface area contributed by atoms with E-state index >= 15 is 0 Å². The highest BCUT2D eigenvalue weighted by Crippen LogP contribution is 2.58. The van der Waals surface area contributed by atoms with Crippen LogP contribution in [0, 0.1) is 29.6 Å².